The smallest absolute Gasteiger partial charge is 0.380 e. The second-order valence-corrected chi connectivity index (χ2v) is 11.5. The van der Waals surface area contributed by atoms with E-state index in [2.05, 4.69) is 21.6 Å². The lowest BCUT2D eigenvalue weighted by Gasteiger charge is -2.41. The molecule has 2 aromatic rings. The van der Waals surface area contributed by atoms with Gasteiger partial charge in [-0.25, -0.2) is 0 Å². The molecule has 2 saturated heterocycles. The van der Waals surface area contributed by atoms with Gasteiger partial charge in [0.1, 0.15) is 0 Å². The van der Waals surface area contributed by atoms with Crippen molar-refractivity contribution in [2.45, 2.75) is 51.6 Å². The molecule has 14 heteroatoms. The molecular formula is C33H41Cl2F6N3O3. The molecule has 0 spiro atoms. The second-order valence-electron chi connectivity index (χ2n) is 11.5. The van der Waals surface area contributed by atoms with Gasteiger partial charge in [0.05, 0.1) is 50.1 Å². The maximum Gasteiger partial charge on any atom is 0.416 e. The molecule has 0 saturated carbocycles. The number of hydrogen-bond donors (Lipinski definition) is 0. The zero-order chi connectivity index (χ0) is 32.8. The summed E-state index contributed by atoms with van der Waals surface area (Å²) in [5.41, 5.74) is -0.612. The normalized spacial score (nSPS) is 19.3. The summed E-state index contributed by atoms with van der Waals surface area (Å²) in [5, 5.41) is 0. The van der Waals surface area contributed by atoms with Crippen LogP contribution < -0.4 is 0 Å². The van der Waals surface area contributed by atoms with Crippen LogP contribution in [0, 0.1) is 25.7 Å². The molecule has 0 N–H and O–H groups in total. The SMILES string of the molecule is CCOC[C@H]1COCCN1CC#CCN1CCN(C(=O)c2cc(C(F)(F)F)cc(C(F)(F)F)c2)[C@H](Cc2ccc(C)c(C)c2)C1.Cl.Cl. The number of halogens is 8. The number of nitrogens with zero attached hydrogens (tertiary/aromatic N) is 3. The number of ether oxygens (including phenoxy) is 2. The Morgan fingerprint density at radius 1 is 0.894 bits per heavy atom. The standard InChI is InChI=1S/C33H39F6N3O3.2ClH/c1-4-44-21-30-22-45-14-13-41(30)10-6-5-9-40-11-12-42(29(20-40)16-25-8-7-23(2)24(3)15-25)31(43)26-17-27(32(34,35)36)19-28(18-26)33(37,38)39;;/h7-8,15,17-19,29-30H,4,9-14,16,20-22H2,1-3H3;2*1H/t29-,30+;;/m1../s1. The van der Waals surface area contributed by atoms with Crippen LogP contribution in [0.25, 0.3) is 0 Å². The van der Waals surface area contributed by atoms with Crippen LogP contribution in [0.4, 0.5) is 26.3 Å². The Bertz CT molecular complexity index is 1360. The van der Waals surface area contributed by atoms with Gasteiger partial charge in [-0.15, -0.1) is 24.8 Å². The van der Waals surface area contributed by atoms with Gasteiger partial charge in [0.2, 0.25) is 0 Å². The summed E-state index contributed by atoms with van der Waals surface area (Å²) >= 11 is 0. The quantitative estimate of drug-likeness (QED) is 0.238. The molecule has 0 aromatic heterocycles. The first kappa shape index (κ1) is 40.6. The first-order chi connectivity index (χ1) is 21.3. The number of benzene rings is 2. The number of aryl methyl sites for hydroxylation is 2. The Kier molecular flexibility index (Phi) is 15.3. The first-order valence-electron chi connectivity index (χ1n) is 15.0. The van der Waals surface area contributed by atoms with Crippen LogP contribution in [0.3, 0.4) is 0 Å². The lowest BCUT2D eigenvalue weighted by atomic mass is 9.97. The van der Waals surface area contributed by atoms with E-state index in [4.69, 9.17) is 9.47 Å². The van der Waals surface area contributed by atoms with E-state index >= 15 is 0 Å². The van der Waals surface area contributed by atoms with Crippen LogP contribution >= 0.6 is 24.8 Å². The summed E-state index contributed by atoms with van der Waals surface area (Å²) in [6.45, 7) is 10.8. The maximum absolute atomic E-state index is 13.6. The van der Waals surface area contributed by atoms with Gasteiger partial charge < -0.3 is 14.4 Å². The fraction of sp³-hybridized carbons (Fsp3) is 0.545. The zero-order valence-corrected chi connectivity index (χ0v) is 28.2. The van der Waals surface area contributed by atoms with Crippen LogP contribution in [0.5, 0.6) is 0 Å². The molecule has 4 rings (SSSR count). The number of piperazine rings is 1. The number of amides is 1. The van der Waals surface area contributed by atoms with Gasteiger partial charge in [0, 0.05) is 44.4 Å². The third-order valence-electron chi connectivity index (χ3n) is 8.28. The molecule has 0 aliphatic carbocycles. The molecule has 2 aliphatic rings. The van der Waals surface area contributed by atoms with Gasteiger partial charge >= 0.3 is 12.4 Å². The minimum Gasteiger partial charge on any atom is -0.380 e. The topological polar surface area (TPSA) is 45.3 Å². The van der Waals surface area contributed by atoms with Crippen LogP contribution in [0.2, 0.25) is 0 Å². The van der Waals surface area contributed by atoms with E-state index in [-0.39, 0.29) is 43.5 Å². The molecule has 0 unspecified atom stereocenters. The number of hydrogen-bond acceptors (Lipinski definition) is 5. The molecule has 2 heterocycles. The predicted octanol–water partition coefficient (Wildman–Crippen LogP) is 6.29. The number of morpholine rings is 1. The Balaban J connectivity index is 0.00000384. The second kappa shape index (κ2) is 17.7. The van der Waals surface area contributed by atoms with Gasteiger partial charge in [-0.05, 0) is 62.1 Å². The number of rotatable bonds is 8. The minimum absolute atomic E-state index is 0. The summed E-state index contributed by atoms with van der Waals surface area (Å²) in [6, 6.07) is 6.55. The lowest BCUT2D eigenvalue weighted by molar-refractivity contribution is -0.143. The zero-order valence-electron chi connectivity index (χ0n) is 26.5. The summed E-state index contributed by atoms with van der Waals surface area (Å²) in [6.07, 6.45) is -9.71. The Morgan fingerprint density at radius 2 is 1.55 bits per heavy atom. The highest BCUT2D eigenvalue weighted by atomic mass is 35.5. The molecule has 47 heavy (non-hydrogen) atoms. The molecule has 2 aromatic carbocycles. The highest BCUT2D eigenvalue weighted by molar-refractivity contribution is 5.95. The number of carbonyl (C=O) groups is 1. The largest absolute Gasteiger partial charge is 0.416 e. The van der Waals surface area contributed by atoms with Crippen molar-refractivity contribution >= 4 is 30.7 Å². The summed E-state index contributed by atoms with van der Waals surface area (Å²) in [4.78, 5) is 19.3. The Hall–Kier alpha value is -2.53. The third-order valence-corrected chi connectivity index (χ3v) is 8.28. The molecule has 6 nitrogen and oxygen atoms in total. The maximum atomic E-state index is 13.6. The minimum atomic E-state index is -5.04. The molecule has 262 valence electrons. The molecule has 2 atom stereocenters. The summed E-state index contributed by atoms with van der Waals surface area (Å²) in [5.74, 6) is 5.56. The molecule has 0 radical (unpaired) electrons. The van der Waals surface area contributed by atoms with Crippen molar-refractivity contribution in [1.82, 2.24) is 14.7 Å². The highest BCUT2D eigenvalue weighted by Gasteiger charge is 2.39. The van der Waals surface area contributed by atoms with Gasteiger partial charge in [-0.2, -0.15) is 26.3 Å². The predicted molar refractivity (Wildman–Crippen MR) is 172 cm³/mol. The van der Waals surface area contributed by atoms with Crippen molar-refractivity contribution < 1.29 is 40.6 Å². The van der Waals surface area contributed by atoms with E-state index in [1.807, 2.05) is 39.0 Å². The Morgan fingerprint density at radius 3 is 2.17 bits per heavy atom. The fourth-order valence-electron chi connectivity index (χ4n) is 5.58. The van der Waals surface area contributed by atoms with E-state index in [1.54, 1.807) is 0 Å². The molecule has 1 amide bonds. The third kappa shape index (κ3) is 11.3. The molecule has 0 bridgehead atoms. The van der Waals surface area contributed by atoms with Crippen molar-refractivity contribution in [1.29, 1.82) is 0 Å². The van der Waals surface area contributed by atoms with Gasteiger partial charge in [-0.3, -0.25) is 14.6 Å². The van der Waals surface area contributed by atoms with Crippen molar-refractivity contribution in [2.24, 2.45) is 0 Å². The van der Waals surface area contributed by atoms with Crippen LogP contribution in [-0.4, -0.2) is 98.4 Å². The van der Waals surface area contributed by atoms with Crippen molar-refractivity contribution in [3.8, 4) is 11.8 Å². The van der Waals surface area contributed by atoms with Gasteiger partial charge in [0.15, 0.2) is 0 Å². The average Bonchev–Trinajstić information content (AvgIpc) is 2.99. The van der Waals surface area contributed by atoms with Crippen LogP contribution in [0.1, 0.15) is 45.1 Å². The lowest BCUT2D eigenvalue weighted by Crippen LogP contribution is -2.56. The molecular weight excluding hydrogens is 671 g/mol. The van der Waals surface area contributed by atoms with Crippen molar-refractivity contribution in [3.63, 3.8) is 0 Å². The van der Waals surface area contributed by atoms with E-state index < -0.39 is 41.0 Å². The van der Waals surface area contributed by atoms with Gasteiger partial charge in [-0.1, -0.05) is 30.0 Å². The van der Waals surface area contributed by atoms with E-state index in [1.165, 1.54) is 4.90 Å². The van der Waals surface area contributed by atoms with Crippen molar-refractivity contribution in [2.75, 3.05) is 65.7 Å². The average molecular weight is 713 g/mol. The van der Waals surface area contributed by atoms with Crippen LogP contribution in [-0.2, 0) is 28.2 Å². The first-order valence-corrected chi connectivity index (χ1v) is 15.0. The summed E-state index contributed by atoms with van der Waals surface area (Å²) < 4.78 is 92.4. The number of carbonyl (C=O) groups excluding carboxylic acids is 1. The molecule has 2 fully saturated rings. The summed E-state index contributed by atoms with van der Waals surface area (Å²) in [7, 11) is 0. The van der Waals surface area contributed by atoms with Crippen molar-refractivity contribution in [3.05, 3.63) is 69.8 Å². The highest BCUT2D eigenvalue weighted by Crippen LogP contribution is 2.37. The number of alkyl halides is 6. The Labute approximate surface area is 284 Å². The van der Waals surface area contributed by atoms with Gasteiger partial charge in [0.25, 0.3) is 5.91 Å². The van der Waals surface area contributed by atoms with E-state index in [0.29, 0.717) is 71.2 Å². The monoisotopic (exact) mass is 711 g/mol. The van der Waals surface area contributed by atoms with Crippen LogP contribution in [0.15, 0.2) is 36.4 Å². The molecule has 2 aliphatic heterocycles. The van der Waals surface area contributed by atoms with E-state index in [0.717, 1.165) is 23.2 Å². The fourth-order valence-corrected chi connectivity index (χ4v) is 5.58. The van der Waals surface area contributed by atoms with E-state index in [9.17, 15) is 31.1 Å².